The summed E-state index contributed by atoms with van der Waals surface area (Å²) in [5.41, 5.74) is 2.57. The second kappa shape index (κ2) is 8.78. The van der Waals surface area contributed by atoms with Crippen LogP contribution in [-0.4, -0.2) is 54.3 Å². The molecule has 1 saturated heterocycles. The fourth-order valence-corrected chi connectivity index (χ4v) is 5.60. The number of benzene rings is 1. The van der Waals surface area contributed by atoms with Crippen molar-refractivity contribution in [2.75, 3.05) is 44.7 Å². The second-order valence-electron chi connectivity index (χ2n) is 7.89. The summed E-state index contributed by atoms with van der Waals surface area (Å²) in [6.45, 7) is 5.87. The zero-order valence-corrected chi connectivity index (χ0v) is 17.6. The van der Waals surface area contributed by atoms with Crippen molar-refractivity contribution in [1.29, 1.82) is 0 Å². The zero-order valence-electron chi connectivity index (χ0n) is 16.8. The lowest BCUT2D eigenvalue weighted by Gasteiger charge is -2.26. The Morgan fingerprint density at radius 1 is 1.03 bits per heavy atom. The van der Waals surface area contributed by atoms with Crippen molar-refractivity contribution < 1.29 is 4.74 Å². The van der Waals surface area contributed by atoms with Gasteiger partial charge in [0, 0.05) is 30.1 Å². The minimum Gasteiger partial charge on any atom is -0.379 e. The molecule has 1 N–H and O–H groups in total. The number of fused-ring (bicyclic) bond motifs is 3. The van der Waals surface area contributed by atoms with E-state index in [4.69, 9.17) is 14.7 Å². The smallest absolute Gasteiger partial charge is 0.163 e. The third-order valence-electron chi connectivity index (χ3n) is 5.89. The Hall–Kier alpha value is -2.02. The van der Waals surface area contributed by atoms with Gasteiger partial charge in [0.1, 0.15) is 10.6 Å². The lowest BCUT2D eigenvalue weighted by atomic mass is 9.97. The molecule has 0 saturated carbocycles. The quantitative estimate of drug-likeness (QED) is 0.614. The van der Waals surface area contributed by atoms with Crippen LogP contribution < -0.4 is 5.32 Å². The predicted octanol–water partition coefficient (Wildman–Crippen LogP) is 4.37. The highest BCUT2D eigenvalue weighted by Gasteiger charge is 2.21. The molecule has 6 heteroatoms. The molecule has 3 aromatic rings. The summed E-state index contributed by atoms with van der Waals surface area (Å²) in [4.78, 5) is 15.1. The van der Waals surface area contributed by atoms with Gasteiger partial charge in [-0.1, -0.05) is 30.3 Å². The number of hydrogen-bond acceptors (Lipinski definition) is 6. The monoisotopic (exact) mass is 408 g/mol. The number of nitrogens with one attached hydrogen (secondary N) is 1. The van der Waals surface area contributed by atoms with Crippen molar-refractivity contribution in [3.05, 3.63) is 40.8 Å². The van der Waals surface area contributed by atoms with Crippen LogP contribution in [0.2, 0.25) is 0 Å². The molecular formula is C23H28N4OS. The number of nitrogens with zero attached hydrogens (tertiary/aromatic N) is 3. The molecule has 1 aliphatic heterocycles. The fourth-order valence-electron chi connectivity index (χ4n) is 4.34. The van der Waals surface area contributed by atoms with E-state index in [1.807, 2.05) is 17.4 Å². The van der Waals surface area contributed by atoms with Crippen LogP contribution in [0.15, 0.2) is 30.3 Å². The van der Waals surface area contributed by atoms with Crippen LogP contribution >= 0.6 is 11.3 Å². The van der Waals surface area contributed by atoms with E-state index in [1.165, 1.54) is 35.1 Å². The van der Waals surface area contributed by atoms with Gasteiger partial charge in [-0.3, -0.25) is 4.90 Å². The molecule has 0 radical (unpaired) electrons. The van der Waals surface area contributed by atoms with Gasteiger partial charge in [0.25, 0.3) is 0 Å². The number of aromatic nitrogens is 2. The van der Waals surface area contributed by atoms with Crippen molar-refractivity contribution in [1.82, 2.24) is 14.9 Å². The van der Waals surface area contributed by atoms with Gasteiger partial charge in [0.2, 0.25) is 0 Å². The number of aryl methyl sites for hydroxylation is 2. The molecule has 1 aromatic carbocycles. The van der Waals surface area contributed by atoms with Gasteiger partial charge in [0.15, 0.2) is 5.82 Å². The Bertz CT molecular complexity index is 966. The predicted molar refractivity (Wildman–Crippen MR) is 120 cm³/mol. The molecule has 0 unspecified atom stereocenters. The Balaban J connectivity index is 1.41. The van der Waals surface area contributed by atoms with Crippen LogP contribution in [0.25, 0.3) is 21.6 Å². The number of hydrogen-bond donors (Lipinski definition) is 1. The van der Waals surface area contributed by atoms with Crippen LogP contribution in [0.3, 0.4) is 0 Å². The van der Waals surface area contributed by atoms with E-state index in [0.29, 0.717) is 0 Å². The van der Waals surface area contributed by atoms with Crippen molar-refractivity contribution in [3.8, 4) is 11.4 Å². The third kappa shape index (κ3) is 4.15. The standard InChI is InChI=1S/C23H28N4OS/c1-2-7-17(8-3-1)21-25-22(24-11-6-12-27-13-15-28-16-14-27)20-18-9-4-5-10-19(18)29-23(20)26-21/h1-3,7-8H,4-6,9-16H2,(H,24,25,26). The summed E-state index contributed by atoms with van der Waals surface area (Å²) in [5.74, 6) is 1.85. The number of thiophene rings is 1. The van der Waals surface area contributed by atoms with Crippen LogP contribution in [0, 0.1) is 0 Å². The number of anilines is 1. The van der Waals surface area contributed by atoms with Gasteiger partial charge in [-0.25, -0.2) is 9.97 Å². The molecule has 2 aromatic heterocycles. The first-order chi connectivity index (χ1) is 14.4. The molecule has 5 rings (SSSR count). The maximum Gasteiger partial charge on any atom is 0.163 e. The summed E-state index contributed by atoms with van der Waals surface area (Å²) < 4.78 is 5.45. The van der Waals surface area contributed by atoms with E-state index in [1.54, 1.807) is 0 Å². The highest BCUT2D eigenvalue weighted by Crippen LogP contribution is 2.39. The van der Waals surface area contributed by atoms with Crippen molar-refractivity contribution >= 4 is 27.4 Å². The SMILES string of the molecule is c1ccc(-c2nc(NCCCN3CCOCC3)c3c4c(sc3n2)CCCC4)cc1. The van der Waals surface area contributed by atoms with E-state index in [2.05, 4.69) is 34.5 Å². The largest absolute Gasteiger partial charge is 0.379 e. The van der Waals surface area contributed by atoms with Crippen molar-refractivity contribution in [3.63, 3.8) is 0 Å². The summed E-state index contributed by atoms with van der Waals surface area (Å²) in [6.07, 6.45) is 6.02. The highest BCUT2D eigenvalue weighted by atomic mass is 32.1. The average Bonchev–Trinajstić information content (AvgIpc) is 3.16. The highest BCUT2D eigenvalue weighted by molar-refractivity contribution is 7.19. The first-order valence-corrected chi connectivity index (χ1v) is 11.6. The Labute approximate surface area is 176 Å². The maximum absolute atomic E-state index is 5.45. The molecular weight excluding hydrogens is 380 g/mol. The van der Waals surface area contributed by atoms with E-state index in [0.717, 1.165) is 74.3 Å². The van der Waals surface area contributed by atoms with Gasteiger partial charge >= 0.3 is 0 Å². The van der Waals surface area contributed by atoms with Crippen LogP contribution in [0.1, 0.15) is 29.7 Å². The number of morpholine rings is 1. The van der Waals surface area contributed by atoms with Gasteiger partial charge in [0.05, 0.1) is 18.6 Å². The first kappa shape index (κ1) is 19.0. The van der Waals surface area contributed by atoms with Gasteiger partial charge in [-0.2, -0.15) is 0 Å². The van der Waals surface area contributed by atoms with E-state index in [-0.39, 0.29) is 0 Å². The van der Waals surface area contributed by atoms with Crippen LogP contribution in [0.5, 0.6) is 0 Å². The average molecular weight is 409 g/mol. The fraction of sp³-hybridized carbons (Fsp3) is 0.478. The molecule has 2 aliphatic rings. The van der Waals surface area contributed by atoms with E-state index >= 15 is 0 Å². The topological polar surface area (TPSA) is 50.3 Å². The van der Waals surface area contributed by atoms with E-state index in [9.17, 15) is 0 Å². The number of ether oxygens (including phenoxy) is 1. The molecule has 0 amide bonds. The minimum atomic E-state index is 0.826. The normalized spacial score (nSPS) is 17.4. The molecule has 5 nitrogen and oxygen atoms in total. The summed E-state index contributed by atoms with van der Waals surface area (Å²) in [6, 6.07) is 10.3. The minimum absolute atomic E-state index is 0.826. The molecule has 0 bridgehead atoms. The molecule has 152 valence electrons. The van der Waals surface area contributed by atoms with Crippen molar-refractivity contribution in [2.45, 2.75) is 32.1 Å². The second-order valence-corrected chi connectivity index (χ2v) is 8.97. The third-order valence-corrected chi connectivity index (χ3v) is 7.08. The molecule has 29 heavy (non-hydrogen) atoms. The van der Waals surface area contributed by atoms with Gasteiger partial charge in [-0.15, -0.1) is 11.3 Å². The van der Waals surface area contributed by atoms with Gasteiger partial charge < -0.3 is 10.1 Å². The summed E-state index contributed by atoms with van der Waals surface area (Å²) in [5, 5.41) is 4.95. The maximum atomic E-state index is 5.45. The molecule has 3 heterocycles. The molecule has 1 fully saturated rings. The van der Waals surface area contributed by atoms with Gasteiger partial charge in [-0.05, 0) is 44.2 Å². The van der Waals surface area contributed by atoms with Crippen LogP contribution in [0.4, 0.5) is 5.82 Å². The molecule has 1 aliphatic carbocycles. The zero-order chi connectivity index (χ0) is 19.5. The summed E-state index contributed by atoms with van der Waals surface area (Å²) in [7, 11) is 0. The number of rotatable bonds is 6. The Morgan fingerprint density at radius 3 is 2.72 bits per heavy atom. The Morgan fingerprint density at radius 2 is 1.86 bits per heavy atom. The molecule has 0 spiro atoms. The molecule has 0 atom stereocenters. The van der Waals surface area contributed by atoms with Crippen LogP contribution in [-0.2, 0) is 17.6 Å². The lowest BCUT2D eigenvalue weighted by molar-refractivity contribution is 0.0378. The van der Waals surface area contributed by atoms with Crippen molar-refractivity contribution in [2.24, 2.45) is 0 Å². The lowest BCUT2D eigenvalue weighted by Crippen LogP contribution is -2.37. The summed E-state index contributed by atoms with van der Waals surface area (Å²) >= 11 is 1.87. The van der Waals surface area contributed by atoms with E-state index < -0.39 is 0 Å². The Kier molecular flexibility index (Phi) is 5.74. The first-order valence-electron chi connectivity index (χ1n) is 10.8.